The molecule has 112 valence electrons. The number of para-hydroxylation sites is 1. The molecule has 0 bridgehead atoms. The molecule has 0 atom stereocenters. The first-order chi connectivity index (χ1) is 10.7. The Bertz CT molecular complexity index is 769. The number of ketones is 2. The molecule has 5 heteroatoms. The first-order valence-corrected chi connectivity index (χ1v) is 6.95. The molecule has 5 nitrogen and oxygen atoms in total. The van der Waals surface area contributed by atoms with Crippen LogP contribution in [-0.4, -0.2) is 28.5 Å². The van der Waals surface area contributed by atoms with E-state index in [1.54, 1.807) is 12.2 Å². The summed E-state index contributed by atoms with van der Waals surface area (Å²) in [6.45, 7) is 5.15. The molecule has 0 unspecified atom stereocenters. The second-order valence-electron chi connectivity index (χ2n) is 4.73. The lowest BCUT2D eigenvalue weighted by Gasteiger charge is -2.00. The van der Waals surface area contributed by atoms with Gasteiger partial charge in [-0.25, -0.2) is 0 Å². The number of nitrogens with zero attached hydrogens (tertiary/aromatic N) is 2. The standard InChI is InChI=1S/C17H17N3O2/c1-3-6-12(11-18-2)15(21)9-10-16(22)17-13-7-4-5-8-14(13)19-20-17/h3-8,11H,2,9-10H2,1H3,(H,19,20)/b6-3?,12-11+. The van der Waals surface area contributed by atoms with Gasteiger partial charge in [0.05, 0.1) is 5.52 Å². The van der Waals surface area contributed by atoms with Gasteiger partial charge in [0.15, 0.2) is 11.6 Å². The molecular weight excluding hydrogens is 278 g/mol. The molecule has 0 radical (unpaired) electrons. The maximum atomic E-state index is 12.3. The first-order valence-electron chi connectivity index (χ1n) is 6.95. The maximum Gasteiger partial charge on any atom is 0.184 e. The first kappa shape index (κ1) is 15.6. The van der Waals surface area contributed by atoms with Gasteiger partial charge in [-0.15, -0.1) is 0 Å². The topological polar surface area (TPSA) is 75.2 Å². The molecule has 0 aliphatic carbocycles. The van der Waals surface area contributed by atoms with Gasteiger partial charge in [0.1, 0.15) is 5.69 Å². The summed E-state index contributed by atoms with van der Waals surface area (Å²) >= 11 is 0. The number of hydrogen-bond donors (Lipinski definition) is 1. The molecular formula is C17H17N3O2. The van der Waals surface area contributed by atoms with Crippen LogP contribution in [0.2, 0.25) is 0 Å². The monoisotopic (exact) mass is 295 g/mol. The van der Waals surface area contributed by atoms with E-state index in [-0.39, 0.29) is 24.4 Å². The maximum absolute atomic E-state index is 12.3. The Kier molecular flexibility index (Phi) is 5.14. The fourth-order valence-electron chi connectivity index (χ4n) is 2.15. The van der Waals surface area contributed by atoms with Crippen LogP contribution in [-0.2, 0) is 4.79 Å². The van der Waals surface area contributed by atoms with Gasteiger partial charge in [-0.1, -0.05) is 30.4 Å². The van der Waals surface area contributed by atoms with Gasteiger partial charge in [0.2, 0.25) is 0 Å². The molecule has 1 heterocycles. The molecule has 0 amide bonds. The quantitative estimate of drug-likeness (QED) is 0.369. The van der Waals surface area contributed by atoms with Gasteiger partial charge in [0.25, 0.3) is 0 Å². The summed E-state index contributed by atoms with van der Waals surface area (Å²) < 4.78 is 0. The summed E-state index contributed by atoms with van der Waals surface area (Å²) in [6, 6.07) is 7.41. The normalized spacial score (nSPS) is 12.0. The van der Waals surface area contributed by atoms with E-state index < -0.39 is 0 Å². The van der Waals surface area contributed by atoms with Crippen molar-refractivity contribution in [3.8, 4) is 0 Å². The fourth-order valence-corrected chi connectivity index (χ4v) is 2.15. The van der Waals surface area contributed by atoms with Gasteiger partial charge in [-0.2, -0.15) is 5.10 Å². The molecule has 1 aromatic heterocycles. The van der Waals surface area contributed by atoms with E-state index in [4.69, 9.17) is 0 Å². The Morgan fingerprint density at radius 1 is 1.32 bits per heavy atom. The highest BCUT2D eigenvalue weighted by atomic mass is 16.1. The van der Waals surface area contributed by atoms with Crippen LogP contribution in [0.5, 0.6) is 0 Å². The Balaban J connectivity index is 2.08. The van der Waals surface area contributed by atoms with Crippen LogP contribution < -0.4 is 0 Å². The molecule has 0 saturated carbocycles. The summed E-state index contributed by atoms with van der Waals surface area (Å²) in [5.41, 5.74) is 1.63. The number of Topliss-reactive ketones (excluding diaryl/α,β-unsaturated/α-hetero) is 2. The predicted octanol–water partition coefficient (Wildman–Crippen LogP) is 3.26. The predicted molar refractivity (Wildman–Crippen MR) is 87.1 cm³/mol. The van der Waals surface area contributed by atoms with Gasteiger partial charge in [0, 0.05) is 30.0 Å². The van der Waals surface area contributed by atoms with Crippen molar-refractivity contribution in [1.29, 1.82) is 0 Å². The Morgan fingerprint density at radius 3 is 2.82 bits per heavy atom. The van der Waals surface area contributed by atoms with Crippen molar-refractivity contribution in [2.45, 2.75) is 19.8 Å². The van der Waals surface area contributed by atoms with Gasteiger partial charge >= 0.3 is 0 Å². The Hall–Kier alpha value is -2.82. The minimum absolute atomic E-state index is 0.111. The minimum Gasteiger partial charge on any atom is -0.294 e. The smallest absolute Gasteiger partial charge is 0.184 e. The van der Waals surface area contributed by atoms with Crippen molar-refractivity contribution in [3.05, 3.63) is 53.9 Å². The molecule has 1 N–H and O–H groups in total. The third-order valence-corrected chi connectivity index (χ3v) is 3.21. The molecule has 0 aliphatic rings. The van der Waals surface area contributed by atoms with E-state index in [9.17, 15) is 9.59 Å². The number of hydrogen-bond acceptors (Lipinski definition) is 4. The average molecular weight is 295 g/mol. The summed E-state index contributed by atoms with van der Waals surface area (Å²) in [5.74, 6) is -0.295. The van der Waals surface area contributed by atoms with E-state index in [2.05, 4.69) is 21.9 Å². The Labute approximate surface area is 128 Å². The summed E-state index contributed by atoms with van der Waals surface area (Å²) in [7, 11) is 0. The average Bonchev–Trinajstić information content (AvgIpc) is 2.96. The molecule has 2 rings (SSSR count). The van der Waals surface area contributed by atoms with Crippen LogP contribution in [0, 0.1) is 0 Å². The number of benzene rings is 1. The van der Waals surface area contributed by atoms with Crippen LogP contribution in [0.1, 0.15) is 30.3 Å². The van der Waals surface area contributed by atoms with E-state index >= 15 is 0 Å². The highest BCUT2D eigenvalue weighted by Gasteiger charge is 2.16. The molecule has 0 fully saturated rings. The lowest BCUT2D eigenvalue weighted by Crippen LogP contribution is -2.07. The summed E-state index contributed by atoms with van der Waals surface area (Å²) in [5, 5.41) is 7.64. The lowest BCUT2D eigenvalue weighted by atomic mass is 10.0. The van der Waals surface area contributed by atoms with E-state index in [1.807, 2.05) is 31.2 Å². The molecule has 2 aromatic rings. The van der Waals surface area contributed by atoms with Crippen LogP contribution in [0.4, 0.5) is 0 Å². The van der Waals surface area contributed by atoms with Crippen molar-refractivity contribution in [3.63, 3.8) is 0 Å². The zero-order chi connectivity index (χ0) is 15.9. The minimum atomic E-state index is -0.155. The Morgan fingerprint density at radius 2 is 2.09 bits per heavy atom. The van der Waals surface area contributed by atoms with E-state index in [0.29, 0.717) is 11.3 Å². The highest BCUT2D eigenvalue weighted by molar-refractivity contribution is 6.08. The number of H-pyrrole nitrogens is 1. The largest absolute Gasteiger partial charge is 0.294 e. The molecule has 22 heavy (non-hydrogen) atoms. The van der Waals surface area contributed by atoms with E-state index in [0.717, 1.165) is 10.9 Å². The van der Waals surface area contributed by atoms with Crippen LogP contribution >= 0.6 is 0 Å². The second-order valence-corrected chi connectivity index (χ2v) is 4.73. The van der Waals surface area contributed by atoms with Crippen molar-refractivity contribution < 1.29 is 9.59 Å². The number of rotatable bonds is 7. The number of aromatic amines is 1. The molecule has 1 aromatic carbocycles. The van der Waals surface area contributed by atoms with Gasteiger partial charge in [-0.05, 0) is 19.7 Å². The number of aromatic nitrogens is 2. The summed E-state index contributed by atoms with van der Waals surface area (Å²) in [4.78, 5) is 27.9. The zero-order valence-electron chi connectivity index (χ0n) is 12.4. The van der Waals surface area contributed by atoms with Gasteiger partial charge in [-0.3, -0.25) is 19.7 Å². The second kappa shape index (κ2) is 7.26. The van der Waals surface area contributed by atoms with Crippen molar-refractivity contribution >= 4 is 29.2 Å². The van der Waals surface area contributed by atoms with Crippen LogP contribution in [0.15, 0.2) is 53.2 Å². The molecule has 0 aliphatic heterocycles. The van der Waals surface area contributed by atoms with Crippen LogP contribution in [0.3, 0.4) is 0 Å². The molecule has 0 spiro atoms. The van der Waals surface area contributed by atoms with Crippen molar-refractivity contribution in [1.82, 2.24) is 10.2 Å². The van der Waals surface area contributed by atoms with Gasteiger partial charge < -0.3 is 0 Å². The number of carbonyl (C=O) groups is 2. The third kappa shape index (κ3) is 3.44. The number of carbonyl (C=O) groups excluding carboxylic acids is 2. The highest BCUT2D eigenvalue weighted by Crippen LogP contribution is 2.17. The number of nitrogens with one attached hydrogen (secondary N) is 1. The van der Waals surface area contributed by atoms with E-state index in [1.165, 1.54) is 6.20 Å². The van der Waals surface area contributed by atoms with Crippen LogP contribution in [0.25, 0.3) is 10.9 Å². The number of fused-ring (bicyclic) bond motifs is 1. The summed E-state index contributed by atoms with van der Waals surface area (Å²) in [6.07, 6.45) is 5.03. The zero-order valence-corrected chi connectivity index (χ0v) is 12.4. The lowest BCUT2D eigenvalue weighted by molar-refractivity contribution is -0.115. The van der Waals surface area contributed by atoms with Crippen molar-refractivity contribution in [2.75, 3.05) is 0 Å². The SMILES string of the molecule is C=N/C=C(\C=CC)C(=O)CCC(=O)c1n[nH]c2ccccc12. The third-order valence-electron chi connectivity index (χ3n) is 3.21. The number of aliphatic imine (C=N–C) groups is 1. The molecule has 0 saturated heterocycles. The number of allylic oxidation sites excluding steroid dienone is 3. The van der Waals surface area contributed by atoms with Crippen molar-refractivity contribution in [2.24, 2.45) is 4.99 Å². The fraction of sp³-hybridized carbons (Fsp3) is 0.176.